The number of allylic oxidation sites excluding steroid dienone is 4. The van der Waals surface area contributed by atoms with E-state index in [4.69, 9.17) is 9.84 Å². The molecule has 0 radical (unpaired) electrons. The molecule has 5 heteroatoms. The van der Waals surface area contributed by atoms with Gasteiger partial charge in [0.15, 0.2) is 0 Å². The van der Waals surface area contributed by atoms with E-state index in [2.05, 4.69) is 6.08 Å². The number of amides is 1. The lowest BCUT2D eigenvalue weighted by molar-refractivity contribution is 0.0696. The number of carboxylic acids is 1. The molecule has 1 aromatic carbocycles. The fourth-order valence-electron chi connectivity index (χ4n) is 2.37. The van der Waals surface area contributed by atoms with E-state index >= 15 is 0 Å². The summed E-state index contributed by atoms with van der Waals surface area (Å²) in [5.41, 5.74) is 1.60. The molecule has 0 fully saturated rings. The van der Waals surface area contributed by atoms with Crippen molar-refractivity contribution in [2.45, 2.75) is 12.8 Å². The molecule has 1 aromatic rings. The van der Waals surface area contributed by atoms with Gasteiger partial charge in [-0.1, -0.05) is 18.2 Å². The third kappa shape index (κ3) is 3.23. The van der Waals surface area contributed by atoms with Crippen LogP contribution in [0.2, 0.25) is 0 Å². The van der Waals surface area contributed by atoms with Crippen LogP contribution in [-0.2, 0) is 4.74 Å². The molecule has 0 unspecified atom stereocenters. The summed E-state index contributed by atoms with van der Waals surface area (Å²) in [6, 6.07) is 5.84. The predicted molar refractivity (Wildman–Crippen MR) is 84.3 cm³/mol. The van der Waals surface area contributed by atoms with Gasteiger partial charge in [0.1, 0.15) is 12.0 Å². The van der Waals surface area contributed by atoms with E-state index in [-0.39, 0.29) is 11.5 Å². The molecule has 1 amide bonds. The molecular weight excluding hydrogens is 294 g/mol. The number of benzene rings is 1. The molecule has 1 N–H and O–H groups in total. The van der Waals surface area contributed by atoms with Gasteiger partial charge in [-0.15, -0.1) is 0 Å². The normalized spacial score (nSPS) is 16.4. The molecule has 0 bridgehead atoms. The van der Waals surface area contributed by atoms with Gasteiger partial charge in [0.25, 0.3) is 5.91 Å². The first-order chi connectivity index (χ1) is 11.1. The van der Waals surface area contributed by atoms with Crippen LogP contribution in [0.25, 0.3) is 0 Å². The second-order valence-electron chi connectivity index (χ2n) is 5.15. The van der Waals surface area contributed by atoms with Gasteiger partial charge in [-0.25, -0.2) is 4.79 Å². The summed E-state index contributed by atoms with van der Waals surface area (Å²) in [6.07, 6.45) is 12.5. The second kappa shape index (κ2) is 6.36. The third-order valence-corrected chi connectivity index (χ3v) is 3.62. The first-order valence-electron chi connectivity index (χ1n) is 7.22. The quantitative estimate of drug-likeness (QED) is 0.928. The van der Waals surface area contributed by atoms with Gasteiger partial charge in [-0.3, -0.25) is 9.69 Å². The smallest absolute Gasteiger partial charge is 0.335 e. The highest BCUT2D eigenvalue weighted by Gasteiger charge is 2.18. The molecule has 23 heavy (non-hydrogen) atoms. The Hall–Kier alpha value is -3.08. The molecule has 1 aliphatic heterocycles. The molecule has 116 valence electrons. The lowest BCUT2D eigenvalue weighted by atomic mass is 10.0. The van der Waals surface area contributed by atoms with Crippen LogP contribution in [0.1, 0.15) is 33.6 Å². The number of hydrogen-bond donors (Lipinski definition) is 1. The fourth-order valence-corrected chi connectivity index (χ4v) is 2.37. The lowest BCUT2D eigenvalue weighted by Gasteiger charge is -2.22. The number of carboxylic acid groups (broad SMARTS) is 1. The monoisotopic (exact) mass is 309 g/mol. The number of nitrogens with zero attached hydrogens (tertiary/aromatic N) is 1. The zero-order chi connectivity index (χ0) is 16.2. The van der Waals surface area contributed by atoms with Gasteiger partial charge in [-0.05, 0) is 42.7 Å². The van der Waals surface area contributed by atoms with Crippen LogP contribution in [0.4, 0.5) is 0 Å². The van der Waals surface area contributed by atoms with E-state index in [0.717, 1.165) is 18.4 Å². The summed E-state index contributed by atoms with van der Waals surface area (Å²) in [7, 11) is 0. The van der Waals surface area contributed by atoms with Crippen LogP contribution < -0.4 is 0 Å². The Morgan fingerprint density at radius 1 is 1.13 bits per heavy atom. The Bertz CT molecular complexity index is 754. The highest BCUT2D eigenvalue weighted by molar-refractivity contribution is 5.97. The fraction of sp³-hybridized carbons (Fsp3) is 0.111. The lowest BCUT2D eigenvalue weighted by Crippen LogP contribution is -2.23. The van der Waals surface area contributed by atoms with E-state index in [1.165, 1.54) is 41.6 Å². The molecule has 5 nitrogen and oxygen atoms in total. The third-order valence-electron chi connectivity index (χ3n) is 3.62. The van der Waals surface area contributed by atoms with E-state index in [1.54, 1.807) is 6.20 Å². The molecule has 0 saturated heterocycles. The van der Waals surface area contributed by atoms with Crippen LogP contribution in [-0.4, -0.2) is 21.9 Å². The van der Waals surface area contributed by atoms with Crippen LogP contribution in [0.3, 0.4) is 0 Å². The van der Waals surface area contributed by atoms with Crippen molar-refractivity contribution < 1.29 is 19.4 Å². The van der Waals surface area contributed by atoms with Crippen molar-refractivity contribution in [2.24, 2.45) is 0 Å². The second-order valence-corrected chi connectivity index (χ2v) is 5.15. The summed E-state index contributed by atoms with van der Waals surface area (Å²) in [4.78, 5) is 24.8. The number of carbonyl (C=O) groups is 2. The molecule has 3 rings (SSSR count). The molecule has 2 aliphatic rings. The van der Waals surface area contributed by atoms with Gasteiger partial charge >= 0.3 is 5.97 Å². The maximum Gasteiger partial charge on any atom is 0.335 e. The van der Waals surface area contributed by atoms with Crippen molar-refractivity contribution >= 4 is 11.9 Å². The van der Waals surface area contributed by atoms with Gasteiger partial charge in [-0.2, -0.15) is 0 Å². The highest BCUT2D eigenvalue weighted by atomic mass is 16.5. The average molecular weight is 309 g/mol. The van der Waals surface area contributed by atoms with Crippen LogP contribution >= 0.6 is 0 Å². The van der Waals surface area contributed by atoms with E-state index in [1.807, 2.05) is 12.2 Å². The number of hydrogen-bond acceptors (Lipinski definition) is 3. The molecule has 0 saturated carbocycles. The van der Waals surface area contributed by atoms with Crippen molar-refractivity contribution in [1.82, 2.24) is 4.90 Å². The molecule has 0 aromatic heterocycles. The number of rotatable bonds is 3. The maximum atomic E-state index is 12.5. The standard InChI is InChI=1S/C18H15NO4/c20-17(14-6-8-15(9-7-14)18(21)22)19-10-11-23-16(12-19)13-4-2-1-3-5-13/h1-2,4,6-12H,3,5H2,(H,21,22). The van der Waals surface area contributed by atoms with Gasteiger partial charge < -0.3 is 9.84 Å². The SMILES string of the molecule is O=C(O)c1ccc(C(=O)N2C=COC(C3=CC=CCC3)=C2)cc1. The van der Waals surface area contributed by atoms with Gasteiger partial charge in [0.2, 0.25) is 0 Å². The Morgan fingerprint density at radius 2 is 1.87 bits per heavy atom. The number of carbonyl (C=O) groups excluding carboxylic acids is 1. The van der Waals surface area contributed by atoms with Crippen molar-refractivity contribution in [3.05, 3.63) is 83.6 Å². The van der Waals surface area contributed by atoms with E-state index in [9.17, 15) is 9.59 Å². The Kier molecular flexibility index (Phi) is 4.10. The van der Waals surface area contributed by atoms with Crippen molar-refractivity contribution in [3.63, 3.8) is 0 Å². The summed E-state index contributed by atoms with van der Waals surface area (Å²) in [5, 5.41) is 8.90. The molecule has 1 aliphatic carbocycles. The minimum Gasteiger partial charge on any atom is -0.478 e. The van der Waals surface area contributed by atoms with Gasteiger partial charge in [0, 0.05) is 11.8 Å². The maximum absolute atomic E-state index is 12.5. The highest BCUT2D eigenvalue weighted by Crippen LogP contribution is 2.25. The van der Waals surface area contributed by atoms with Gasteiger partial charge in [0.05, 0.1) is 11.8 Å². The Labute approximate surface area is 133 Å². The van der Waals surface area contributed by atoms with Crippen LogP contribution in [0, 0.1) is 0 Å². The first kappa shape index (κ1) is 14.8. The topological polar surface area (TPSA) is 66.8 Å². The Morgan fingerprint density at radius 3 is 2.52 bits per heavy atom. The molecule has 1 heterocycles. The largest absolute Gasteiger partial charge is 0.478 e. The molecule has 0 atom stereocenters. The van der Waals surface area contributed by atoms with Crippen LogP contribution in [0.5, 0.6) is 0 Å². The summed E-state index contributed by atoms with van der Waals surface area (Å²) in [5.74, 6) is -0.618. The number of aromatic carboxylic acids is 1. The summed E-state index contributed by atoms with van der Waals surface area (Å²) < 4.78 is 5.49. The van der Waals surface area contributed by atoms with E-state index in [0.29, 0.717) is 11.3 Å². The van der Waals surface area contributed by atoms with Crippen LogP contribution in [0.15, 0.2) is 72.5 Å². The van der Waals surface area contributed by atoms with Crippen molar-refractivity contribution in [1.29, 1.82) is 0 Å². The van der Waals surface area contributed by atoms with Crippen molar-refractivity contribution in [2.75, 3.05) is 0 Å². The minimum absolute atomic E-state index is 0.148. The molecular formula is C18H15NO4. The number of ether oxygens (including phenoxy) is 1. The zero-order valence-electron chi connectivity index (χ0n) is 12.3. The average Bonchev–Trinajstić information content (AvgIpc) is 2.62. The summed E-state index contributed by atoms with van der Waals surface area (Å²) in [6.45, 7) is 0. The predicted octanol–water partition coefficient (Wildman–Crippen LogP) is 3.45. The van der Waals surface area contributed by atoms with E-state index < -0.39 is 5.97 Å². The Balaban J connectivity index is 1.81. The minimum atomic E-state index is -1.02. The molecule has 0 spiro atoms. The first-order valence-corrected chi connectivity index (χ1v) is 7.22. The zero-order valence-corrected chi connectivity index (χ0v) is 12.3. The summed E-state index contributed by atoms with van der Waals surface area (Å²) >= 11 is 0. The van der Waals surface area contributed by atoms with Crippen molar-refractivity contribution in [3.8, 4) is 0 Å².